The first-order chi connectivity index (χ1) is 11.6. The molecule has 2 aromatic rings. The van der Waals surface area contributed by atoms with Crippen LogP contribution < -0.4 is 9.64 Å². The van der Waals surface area contributed by atoms with Crippen LogP contribution >= 0.6 is 11.8 Å². The first-order valence-electron chi connectivity index (χ1n) is 7.00. The molecule has 0 spiro atoms. The number of nitro groups is 1. The zero-order valence-corrected chi connectivity index (χ0v) is 13.7. The van der Waals surface area contributed by atoms with E-state index >= 15 is 0 Å². The summed E-state index contributed by atoms with van der Waals surface area (Å²) in [7, 11) is 1.58. The van der Waals surface area contributed by atoms with Crippen LogP contribution in [0.3, 0.4) is 0 Å². The lowest BCUT2D eigenvalue weighted by atomic mass is 10.1. The van der Waals surface area contributed by atoms with Crippen LogP contribution in [0.2, 0.25) is 0 Å². The normalized spacial score (nSPS) is 13.5. The Morgan fingerprint density at radius 1 is 1.42 bits per heavy atom. The van der Waals surface area contributed by atoms with Crippen molar-refractivity contribution in [3.63, 3.8) is 0 Å². The molecule has 0 amide bonds. The fourth-order valence-electron chi connectivity index (χ4n) is 2.27. The largest absolute Gasteiger partial charge is 0.481 e. The van der Waals surface area contributed by atoms with E-state index in [0.717, 1.165) is 16.3 Å². The summed E-state index contributed by atoms with van der Waals surface area (Å²) in [4.78, 5) is 20.8. The van der Waals surface area contributed by atoms with Gasteiger partial charge in [0.2, 0.25) is 5.88 Å². The molecule has 0 radical (unpaired) electrons. The monoisotopic (exact) mass is 342 g/mol. The van der Waals surface area contributed by atoms with Crippen LogP contribution in [-0.4, -0.2) is 29.6 Å². The molecular formula is C16H14N4O3S. The number of pyridine rings is 1. The predicted octanol–water partition coefficient (Wildman–Crippen LogP) is 3.57. The van der Waals surface area contributed by atoms with E-state index in [1.54, 1.807) is 37.1 Å². The molecule has 8 heteroatoms. The Morgan fingerprint density at radius 3 is 2.79 bits per heavy atom. The summed E-state index contributed by atoms with van der Waals surface area (Å²) in [6.45, 7) is 3.60. The SMILES string of the molecule is C=N/C(=C\N1CSc2nc(OC)ccc21)c1ccc([N+](=O)[O-])cc1. The summed E-state index contributed by atoms with van der Waals surface area (Å²) in [6, 6.07) is 9.97. The number of benzene rings is 1. The number of rotatable bonds is 5. The summed E-state index contributed by atoms with van der Waals surface area (Å²) < 4.78 is 5.13. The summed E-state index contributed by atoms with van der Waals surface area (Å²) in [6.07, 6.45) is 1.86. The standard InChI is InChI=1S/C16H14N4O3S/c1-17-13(11-3-5-12(6-4-11)20(21)22)9-19-10-24-16-14(19)7-8-15(18-16)23-2/h3-9H,1,10H2,2H3/b13-9-. The number of thioether (sulfide) groups is 1. The van der Waals surface area contributed by atoms with Gasteiger partial charge < -0.3 is 9.64 Å². The van der Waals surface area contributed by atoms with E-state index in [0.29, 0.717) is 17.5 Å². The minimum Gasteiger partial charge on any atom is -0.481 e. The lowest BCUT2D eigenvalue weighted by Gasteiger charge is -2.14. The van der Waals surface area contributed by atoms with E-state index in [1.165, 1.54) is 12.1 Å². The van der Waals surface area contributed by atoms with Gasteiger partial charge in [-0.3, -0.25) is 15.1 Å². The van der Waals surface area contributed by atoms with Crippen LogP contribution in [-0.2, 0) is 0 Å². The molecule has 3 rings (SSSR count). The third kappa shape index (κ3) is 3.09. The van der Waals surface area contributed by atoms with E-state index in [9.17, 15) is 10.1 Å². The Hall–Kier alpha value is -2.87. The highest BCUT2D eigenvalue weighted by Gasteiger charge is 2.21. The summed E-state index contributed by atoms with van der Waals surface area (Å²) >= 11 is 1.60. The van der Waals surface area contributed by atoms with Crippen molar-refractivity contribution in [2.75, 3.05) is 17.9 Å². The maximum absolute atomic E-state index is 10.7. The van der Waals surface area contributed by atoms with Crippen molar-refractivity contribution in [2.24, 2.45) is 4.99 Å². The quantitative estimate of drug-likeness (QED) is 0.469. The molecule has 7 nitrogen and oxygen atoms in total. The molecule has 2 heterocycles. The summed E-state index contributed by atoms with van der Waals surface area (Å²) in [5.74, 6) is 1.27. The number of anilines is 1. The molecule has 0 unspecified atom stereocenters. The fourth-order valence-corrected chi connectivity index (χ4v) is 3.23. The number of aliphatic imine (C=N–C) groups is 1. The molecule has 0 atom stereocenters. The first kappa shape index (κ1) is 16.0. The van der Waals surface area contributed by atoms with Crippen LogP contribution in [0, 0.1) is 10.1 Å². The minimum atomic E-state index is -0.430. The van der Waals surface area contributed by atoms with Gasteiger partial charge in [0.05, 0.1) is 29.3 Å². The fraction of sp³-hybridized carbons (Fsp3) is 0.125. The molecule has 1 aromatic carbocycles. The lowest BCUT2D eigenvalue weighted by Crippen LogP contribution is -2.11. The maximum atomic E-state index is 10.7. The van der Waals surface area contributed by atoms with Crippen LogP contribution in [0.25, 0.3) is 5.70 Å². The Morgan fingerprint density at radius 2 is 2.17 bits per heavy atom. The number of ether oxygens (including phenoxy) is 1. The Bertz CT molecular complexity index is 821. The lowest BCUT2D eigenvalue weighted by molar-refractivity contribution is -0.384. The molecule has 0 bridgehead atoms. The van der Waals surface area contributed by atoms with Gasteiger partial charge in [-0.05, 0) is 24.9 Å². The van der Waals surface area contributed by atoms with Crippen molar-refractivity contribution in [1.82, 2.24) is 4.98 Å². The van der Waals surface area contributed by atoms with Crippen molar-refractivity contribution in [1.29, 1.82) is 0 Å². The van der Waals surface area contributed by atoms with Gasteiger partial charge in [-0.1, -0.05) is 11.8 Å². The maximum Gasteiger partial charge on any atom is 0.269 e. The van der Waals surface area contributed by atoms with E-state index in [2.05, 4.69) is 16.7 Å². The zero-order chi connectivity index (χ0) is 17.1. The number of nitro benzene ring substituents is 1. The Labute approximate surface area is 142 Å². The highest BCUT2D eigenvalue weighted by molar-refractivity contribution is 7.99. The third-order valence-electron chi connectivity index (χ3n) is 3.50. The molecule has 24 heavy (non-hydrogen) atoms. The second-order valence-corrected chi connectivity index (χ2v) is 5.83. The molecule has 122 valence electrons. The highest BCUT2D eigenvalue weighted by Crippen LogP contribution is 2.39. The molecule has 0 saturated carbocycles. The van der Waals surface area contributed by atoms with Gasteiger partial charge in [0.25, 0.3) is 5.69 Å². The highest BCUT2D eigenvalue weighted by atomic mass is 32.2. The average Bonchev–Trinajstić information content (AvgIpc) is 3.01. The minimum absolute atomic E-state index is 0.0422. The number of fused-ring (bicyclic) bond motifs is 1. The van der Waals surface area contributed by atoms with Crippen molar-refractivity contribution < 1.29 is 9.66 Å². The van der Waals surface area contributed by atoms with Crippen LogP contribution in [0.5, 0.6) is 5.88 Å². The third-order valence-corrected chi connectivity index (χ3v) is 4.48. The molecule has 1 aromatic heterocycles. The molecule has 1 aliphatic heterocycles. The van der Waals surface area contributed by atoms with E-state index in [4.69, 9.17) is 4.74 Å². The second-order valence-electron chi connectivity index (χ2n) is 4.90. The van der Waals surface area contributed by atoms with Gasteiger partial charge in [-0.25, -0.2) is 4.98 Å². The van der Waals surface area contributed by atoms with E-state index in [1.807, 2.05) is 17.2 Å². The van der Waals surface area contributed by atoms with E-state index in [-0.39, 0.29) is 5.69 Å². The number of non-ortho nitro benzene ring substituents is 1. The summed E-state index contributed by atoms with van der Waals surface area (Å²) in [5, 5.41) is 11.6. The van der Waals surface area contributed by atoms with Crippen LogP contribution in [0.4, 0.5) is 11.4 Å². The number of aromatic nitrogens is 1. The number of hydrogen-bond acceptors (Lipinski definition) is 7. The van der Waals surface area contributed by atoms with Gasteiger partial charge in [0.1, 0.15) is 5.03 Å². The molecular weight excluding hydrogens is 328 g/mol. The Kier molecular flexibility index (Phi) is 4.48. The molecule has 1 aliphatic rings. The molecule has 0 saturated heterocycles. The molecule has 0 fully saturated rings. The van der Waals surface area contributed by atoms with Gasteiger partial charge in [-0.15, -0.1) is 0 Å². The first-order valence-corrected chi connectivity index (χ1v) is 7.99. The molecule has 0 aliphatic carbocycles. The van der Waals surface area contributed by atoms with Crippen LogP contribution in [0.1, 0.15) is 5.56 Å². The summed E-state index contributed by atoms with van der Waals surface area (Å²) in [5.41, 5.74) is 2.40. The topological polar surface area (TPSA) is 80.9 Å². The van der Waals surface area contributed by atoms with Gasteiger partial charge in [0.15, 0.2) is 0 Å². The second kappa shape index (κ2) is 6.71. The number of methoxy groups -OCH3 is 1. The van der Waals surface area contributed by atoms with Crippen molar-refractivity contribution in [2.45, 2.75) is 5.03 Å². The van der Waals surface area contributed by atoms with Crippen molar-refractivity contribution >= 4 is 35.6 Å². The van der Waals surface area contributed by atoms with Crippen LogP contribution in [0.15, 0.2) is 52.6 Å². The van der Waals surface area contributed by atoms with E-state index < -0.39 is 4.92 Å². The van der Waals surface area contributed by atoms with Crippen molar-refractivity contribution in [3.8, 4) is 5.88 Å². The van der Waals surface area contributed by atoms with Gasteiger partial charge >= 0.3 is 0 Å². The average molecular weight is 342 g/mol. The zero-order valence-electron chi connectivity index (χ0n) is 12.9. The van der Waals surface area contributed by atoms with Gasteiger partial charge in [-0.2, -0.15) is 0 Å². The smallest absolute Gasteiger partial charge is 0.269 e. The van der Waals surface area contributed by atoms with Crippen molar-refractivity contribution in [3.05, 3.63) is 58.3 Å². The van der Waals surface area contributed by atoms with Gasteiger partial charge in [0, 0.05) is 30.0 Å². The predicted molar refractivity (Wildman–Crippen MR) is 94.6 cm³/mol. The number of nitrogens with zero attached hydrogens (tertiary/aromatic N) is 4. The molecule has 0 N–H and O–H groups in total. The number of hydrogen-bond donors (Lipinski definition) is 0. The Balaban J connectivity index is 1.90.